The normalized spacial score (nSPS) is 14.8. The smallest absolute Gasteiger partial charge is 0.226 e. The Morgan fingerprint density at radius 1 is 1.15 bits per heavy atom. The second kappa shape index (κ2) is 9.48. The minimum Gasteiger partial charge on any atom is -0.489 e. The van der Waals surface area contributed by atoms with Gasteiger partial charge in [-0.1, -0.05) is 25.3 Å². The average molecular weight is 372 g/mol. The zero-order valence-corrected chi connectivity index (χ0v) is 15.6. The summed E-state index contributed by atoms with van der Waals surface area (Å²) >= 11 is 1.40. The van der Waals surface area contributed by atoms with Crippen LogP contribution in [0.2, 0.25) is 0 Å². The molecule has 2 aromatic rings. The van der Waals surface area contributed by atoms with Crippen LogP contribution in [0.1, 0.15) is 54.6 Å². The minimum atomic E-state index is -0.226. The predicted molar refractivity (Wildman–Crippen MR) is 103 cm³/mol. The molecular formula is C20H24N2O3S. The number of carbonyl (C=O) groups excluding carboxylic acids is 2. The molecule has 0 spiro atoms. The second-order valence-electron chi connectivity index (χ2n) is 6.61. The Hall–Kier alpha value is -2.21. The fourth-order valence-corrected chi connectivity index (χ4v) is 3.84. The number of nitrogens with zero attached hydrogens (tertiary/aromatic N) is 1. The van der Waals surface area contributed by atoms with E-state index >= 15 is 0 Å². The Morgan fingerprint density at radius 3 is 2.77 bits per heavy atom. The monoisotopic (exact) mass is 372 g/mol. The SMILES string of the molecule is O=C(CCC(=O)c1cccs1)Nc1ncccc1OCC1CCCCC1. The van der Waals surface area contributed by atoms with E-state index in [1.54, 1.807) is 18.3 Å². The minimum absolute atomic E-state index is 0.00931. The molecule has 1 fully saturated rings. The number of ether oxygens (including phenoxy) is 1. The third kappa shape index (κ3) is 5.39. The number of ketones is 1. The summed E-state index contributed by atoms with van der Waals surface area (Å²) in [6.45, 7) is 0.658. The van der Waals surface area contributed by atoms with Crippen LogP contribution in [0.4, 0.5) is 5.82 Å². The summed E-state index contributed by atoms with van der Waals surface area (Å²) in [5.41, 5.74) is 0. The zero-order chi connectivity index (χ0) is 18.2. The number of anilines is 1. The first kappa shape index (κ1) is 18.6. The quantitative estimate of drug-likeness (QED) is 0.682. The summed E-state index contributed by atoms with van der Waals surface area (Å²) in [4.78, 5) is 29.1. The Bertz CT molecular complexity index is 724. The van der Waals surface area contributed by atoms with E-state index in [1.165, 1.54) is 43.4 Å². The number of thiophene rings is 1. The molecule has 6 heteroatoms. The molecule has 0 saturated heterocycles. The molecule has 1 amide bonds. The molecule has 5 nitrogen and oxygen atoms in total. The van der Waals surface area contributed by atoms with Crippen molar-refractivity contribution in [2.75, 3.05) is 11.9 Å². The van der Waals surface area contributed by atoms with Crippen LogP contribution in [0, 0.1) is 5.92 Å². The molecule has 2 aromatic heterocycles. The number of nitrogens with one attached hydrogen (secondary N) is 1. The Balaban J connectivity index is 1.50. The molecule has 26 heavy (non-hydrogen) atoms. The maximum atomic E-state index is 12.2. The van der Waals surface area contributed by atoms with Gasteiger partial charge in [-0.25, -0.2) is 4.98 Å². The number of amides is 1. The van der Waals surface area contributed by atoms with E-state index in [0.29, 0.717) is 29.0 Å². The van der Waals surface area contributed by atoms with Crippen LogP contribution in [0.5, 0.6) is 5.75 Å². The lowest BCUT2D eigenvalue weighted by molar-refractivity contribution is -0.116. The van der Waals surface area contributed by atoms with E-state index in [9.17, 15) is 9.59 Å². The van der Waals surface area contributed by atoms with Crippen molar-refractivity contribution in [1.82, 2.24) is 4.98 Å². The van der Waals surface area contributed by atoms with Gasteiger partial charge in [0.2, 0.25) is 5.91 Å². The highest BCUT2D eigenvalue weighted by molar-refractivity contribution is 7.12. The fourth-order valence-electron chi connectivity index (χ4n) is 3.14. The van der Waals surface area contributed by atoms with Gasteiger partial charge in [0.05, 0.1) is 11.5 Å². The fraction of sp³-hybridized carbons (Fsp3) is 0.450. The third-order valence-corrected chi connectivity index (χ3v) is 5.51. The van der Waals surface area contributed by atoms with E-state index in [2.05, 4.69) is 10.3 Å². The van der Waals surface area contributed by atoms with Gasteiger partial charge in [-0.05, 0) is 42.3 Å². The summed E-state index contributed by atoms with van der Waals surface area (Å²) in [7, 11) is 0. The van der Waals surface area contributed by atoms with Gasteiger partial charge in [-0.2, -0.15) is 0 Å². The van der Waals surface area contributed by atoms with Gasteiger partial charge in [-0.3, -0.25) is 9.59 Å². The number of rotatable bonds is 8. The standard InChI is InChI=1S/C20H24N2O3S/c23-16(18-9-5-13-26-18)10-11-19(24)22-20-17(8-4-12-21-20)25-14-15-6-2-1-3-7-15/h4-5,8-9,12-13,15H,1-3,6-7,10-11,14H2,(H,21,22,24). The molecule has 0 radical (unpaired) electrons. The molecular weight excluding hydrogens is 348 g/mol. The van der Waals surface area contributed by atoms with Crippen LogP contribution in [0.3, 0.4) is 0 Å². The van der Waals surface area contributed by atoms with Crippen molar-refractivity contribution in [1.29, 1.82) is 0 Å². The molecule has 138 valence electrons. The molecule has 0 aromatic carbocycles. The van der Waals surface area contributed by atoms with Crippen LogP contribution in [-0.4, -0.2) is 23.3 Å². The Labute approximate surface area is 157 Å². The maximum Gasteiger partial charge on any atom is 0.226 e. The summed E-state index contributed by atoms with van der Waals surface area (Å²) in [6.07, 6.45) is 8.20. The van der Waals surface area contributed by atoms with Crippen LogP contribution in [0.25, 0.3) is 0 Å². The molecule has 1 aliphatic carbocycles. The largest absolute Gasteiger partial charge is 0.489 e. The Kier molecular flexibility index (Phi) is 6.77. The highest BCUT2D eigenvalue weighted by Crippen LogP contribution is 2.27. The topological polar surface area (TPSA) is 68.3 Å². The van der Waals surface area contributed by atoms with Crippen LogP contribution in [-0.2, 0) is 4.79 Å². The lowest BCUT2D eigenvalue weighted by atomic mass is 9.90. The number of pyridine rings is 1. The van der Waals surface area contributed by atoms with Crippen LogP contribution in [0.15, 0.2) is 35.8 Å². The summed E-state index contributed by atoms with van der Waals surface area (Å²) in [6, 6.07) is 7.23. The Morgan fingerprint density at radius 2 is 2.00 bits per heavy atom. The summed E-state index contributed by atoms with van der Waals surface area (Å²) in [5, 5.41) is 4.63. The summed E-state index contributed by atoms with van der Waals surface area (Å²) < 4.78 is 5.92. The number of hydrogen-bond acceptors (Lipinski definition) is 5. The molecule has 0 bridgehead atoms. The molecule has 1 aliphatic rings. The van der Waals surface area contributed by atoms with Gasteiger partial charge in [0.1, 0.15) is 0 Å². The molecule has 1 saturated carbocycles. The van der Waals surface area contributed by atoms with Crippen molar-refractivity contribution in [2.24, 2.45) is 5.92 Å². The van der Waals surface area contributed by atoms with Gasteiger partial charge in [0.25, 0.3) is 0 Å². The zero-order valence-electron chi connectivity index (χ0n) is 14.8. The van der Waals surface area contributed by atoms with E-state index in [0.717, 1.165) is 0 Å². The maximum absolute atomic E-state index is 12.2. The molecule has 1 N–H and O–H groups in total. The number of Topliss-reactive ketones (excluding diaryl/α,β-unsaturated/α-hetero) is 1. The van der Waals surface area contributed by atoms with Crippen LogP contribution < -0.4 is 10.1 Å². The first-order chi connectivity index (χ1) is 12.7. The lowest BCUT2D eigenvalue weighted by Crippen LogP contribution is -2.18. The van der Waals surface area contributed by atoms with Crippen molar-refractivity contribution in [3.63, 3.8) is 0 Å². The molecule has 0 unspecified atom stereocenters. The molecule has 0 atom stereocenters. The number of hydrogen-bond donors (Lipinski definition) is 1. The van der Waals surface area contributed by atoms with Gasteiger partial charge in [0.15, 0.2) is 17.4 Å². The third-order valence-electron chi connectivity index (χ3n) is 4.60. The van der Waals surface area contributed by atoms with Crippen molar-refractivity contribution in [2.45, 2.75) is 44.9 Å². The highest BCUT2D eigenvalue weighted by atomic mass is 32.1. The van der Waals surface area contributed by atoms with Crippen molar-refractivity contribution in [3.05, 3.63) is 40.7 Å². The van der Waals surface area contributed by atoms with Crippen molar-refractivity contribution in [3.8, 4) is 5.75 Å². The highest BCUT2D eigenvalue weighted by Gasteiger charge is 2.16. The van der Waals surface area contributed by atoms with Gasteiger partial charge in [-0.15, -0.1) is 11.3 Å². The molecule has 0 aliphatic heterocycles. The second-order valence-corrected chi connectivity index (χ2v) is 7.56. The van der Waals surface area contributed by atoms with Crippen molar-refractivity contribution >= 4 is 28.8 Å². The van der Waals surface area contributed by atoms with E-state index in [4.69, 9.17) is 4.74 Å². The van der Waals surface area contributed by atoms with E-state index in [1.807, 2.05) is 17.5 Å². The first-order valence-electron chi connectivity index (χ1n) is 9.17. The summed E-state index contributed by atoms with van der Waals surface area (Å²) in [5.74, 6) is 1.37. The van der Waals surface area contributed by atoms with E-state index in [-0.39, 0.29) is 24.5 Å². The average Bonchev–Trinajstić information content (AvgIpc) is 3.21. The van der Waals surface area contributed by atoms with Crippen LogP contribution >= 0.6 is 11.3 Å². The van der Waals surface area contributed by atoms with Crippen molar-refractivity contribution < 1.29 is 14.3 Å². The molecule has 2 heterocycles. The van der Waals surface area contributed by atoms with Gasteiger partial charge < -0.3 is 10.1 Å². The predicted octanol–water partition coefficient (Wildman–Crippen LogP) is 4.70. The number of carbonyl (C=O) groups is 2. The van der Waals surface area contributed by atoms with Gasteiger partial charge >= 0.3 is 0 Å². The number of aromatic nitrogens is 1. The molecule has 3 rings (SSSR count). The lowest BCUT2D eigenvalue weighted by Gasteiger charge is -2.22. The van der Waals surface area contributed by atoms with E-state index < -0.39 is 0 Å². The van der Waals surface area contributed by atoms with Gasteiger partial charge in [0, 0.05) is 19.0 Å². The first-order valence-corrected chi connectivity index (χ1v) is 10.0.